The van der Waals surface area contributed by atoms with Crippen LogP contribution in [-0.4, -0.2) is 23.0 Å². The lowest BCUT2D eigenvalue weighted by Gasteiger charge is -2.18. The molecule has 1 aromatic heterocycles. The number of thiazole rings is 1. The quantitative estimate of drug-likeness (QED) is 0.793. The molecule has 0 atom stereocenters. The Morgan fingerprint density at radius 1 is 1.35 bits per heavy atom. The van der Waals surface area contributed by atoms with Crippen molar-refractivity contribution in [3.63, 3.8) is 0 Å². The fourth-order valence-corrected chi connectivity index (χ4v) is 3.18. The Balaban J connectivity index is 1.71. The zero-order valence-corrected chi connectivity index (χ0v) is 12.5. The van der Waals surface area contributed by atoms with E-state index in [-0.39, 0.29) is 5.82 Å². The smallest absolute Gasteiger partial charge is 0.133 e. The third-order valence-electron chi connectivity index (χ3n) is 3.70. The summed E-state index contributed by atoms with van der Waals surface area (Å²) in [6.07, 6.45) is 2.74. The molecule has 106 valence electrons. The maximum atomic E-state index is 13.7. The summed E-state index contributed by atoms with van der Waals surface area (Å²) in [5, 5.41) is 2.83. The van der Waals surface area contributed by atoms with Crippen LogP contribution in [0, 0.1) is 11.7 Å². The lowest BCUT2D eigenvalue weighted by atomic mass is 10.2. The molecule has 1 heterocycles. The molecule has 1 fully saturated rings. The van der Waals surface area contributed by atoms with Gasteiger partial charge in [0.25, 0.3) is 0 Å². The number of aromatic nitrogens is 1. The second kappa shape index (κ2) is 6.02. The van der Waals surface area contributed by atoms with E-state index in [4.69, 9.17) is 0 Å². The second-order valence-corrected chi connectivity index (χ2v) is 6.25. The average molecular weight is 290 g/mol. The van der Waals surface area contributed by atoms with Crippen molar-refractivity contribution in [1.29, 1.82) is 0 Å². The van der Waals surface area contributed by atoms with Gasteiger partial charge in [0, 0.05) is 24.0 Å². The maximum absolute atomic E-state index is 13.7. The summed E-state index contributed by atoms with van der Waals surface area (Å²) in [5.74, 6) is 0.693. The van der Waals surface area contributed by atoms with Crippen molar-refractivity contribution in [2.24, 2.45) is 5.92 Å². The highest BCUT2D eigenvalue weighted by molar-refractivity contribution is 7.13. The third kappa shape index (κ3) is 3.25. The SMILES string of the molecule is CCN(Cc1csc(-c2ccccc2F)n1)CC1CC1. The molecule has 4 heteroatoms. The van der Waals surface area contributed by atoms with Crippen LogP contribution in [0.5, 0.6) is 0 Å². The van der Waals surface area contributed by atoms with Gasteiger partial charge in [0.1, 0.15) is 10.8 Å². The van der Waals surface area contributed by atoms with Gasteiger partial charge < -0.3 is 0 Å². The predicted molar refractivity (Wildman–Crippen MR) is 81.2 cm³/mol. The molecule has 2 nitrogen and oxygen atoms in total. The number of benzene rings is 1. The van der Waals surface area contributed by atoms with Crippen molar-refractivity contribution in [3.8, 4) is 10.6 Å². The molecule has 1 aliphatic rings. The van der Waals surface area contributed by atoms with E-state index in [2.05, 4.69) is 22.2 Å². The van der Waals surface area contributed by atoms with E-state index in [0.717, 1.165) is 29.7 Å². The second-order valence-electron chi connectivity index (χ2n) is 5.39. The summed E-state index contributed by atoms with van der Waals surface area (Å²) >= 11 is 1.53. The molecule has 1 saturated carbocycles. The normalized spacial score (nSPS) is 14.9. The Hall–Kier alpha value is -1.26. The maximum Gasteiger partial charge on any atom is 0.133 e. The van der Waals surface area contributed by atoms with Crippen molar-refractivity contribution in [3.05, 3.63) is 41.2 Å². The van der Waals surface area contributed by atoms with Crippen LogP contribution in [-0.2, 0) is 6.54 Å². The first-order chi connectivity index (χ1) is 9.76. The molecule has 0 bridgehead atoms. The van der Waals surface area contributed by atoms with Crippen LogP contribution in [0.25, 0.3) is 10.6 Å². The summed E-state index contributed by atoms with van der Waals surface area (Å²) in [7, 11) is 0. The molecular weight excluding hydrogens is 271 g/mol. The van der Waals surface area contributed by atoms with Crippen molar-refractivity contribution in [2.75, 3.05) is 13.1 Å². The molecule has 0 aliphatic heterocycles. The topological polar surface area (TPSA) is 16.1 Å². The van der Waals surface area contributed by atoms with E-state index in [0.29, 0.717) is 5.56 Å². The van der Waals surface area contributed by atoms with E-state index < -0.39 is 0 Å². The van der Waals surface area contributed by atoms with Gasteiger partial charge in [0.15, 0.2) is 0 Å². The van der Waals surface area contributed by atoms with Gasteiger partial charge in [-0.05, 0) is 37.4 Å². The standard InChI is InChI=1S/C16H19FN2S/c1-2-19(9-12-7-8-12)10-13-11-20-16(18-13)14-5-3-4-6-15(14)17/h3-6,11-12H,2,7-10H2,1H3. The number of hydrogen-bond acceptors (Lipinski definition) is 3. The molecule has 0 unspecified atom stereocenters. The molecule has 2 aromatic rings. The Bertz CT molecular complexity index is 577. The van der Waals surface area contributed by atoms with Crippen LogP contribution < -0.4 is 0 Å². The molecule has 20 heavy (non-hydrogen) atoms. The highest BCUT2D eigenvalue weighted by atomic mass is 32.1. The zero-order valence-electron chi connectivity index (χ0n) is 11.7. The van der Waals surface area contributed by atoms with Gasteiger partial charge in [-0.3, -0.25) is 4.90 Å². The first-order valence-corrected chi connectivity index (χ1v) is 8.06. The van der Waals surface area contributed by atoms with Gasteiger partial charge in [0.05, 0.1) is 5.69 Å². The molecule has 3 rings (SSSR count). The molecule has 0 radical (unpaired) electrons. The number of nitrogens with zero attached hydrogens (tertiary/aromatic N) is 2. The van der Waals surface area contributed by atoms with Crippen molar-refractivity contribution < 1.29 is 4.39 Å². The minimum Gasteiger partial charge on any atom is -0.297 e. The number of halogens is 1. The highest BCUT2D eigenvalue weighted by Gasteiger charge is 2.24. The largest absolute Gasteiger partial charge is 0.297 e. The number of hydrogen-bond donors (Lipinski definition) is 0. The summed E-state index contributed by atoms with van der Waals surface area (Å²) in [5.41, 5.74) is 1.66. The van der Waals surface area contributed by atoms with Gasteiger partial charge in [-0.15, -0.1) is 11.3 Å². The first kappa shape index (κ1) is 13.7. The summed E-state index contributed by atoms with van der Waals surface area (Å²) in [6, 6.07) is 6.84. The minimum atomic E-state index is -0.196. The molecule has 0 spiro atoms. The summed E-state index contributed by atoms with van der Waals surface area (Å²) in [4.78, 5) is 7.02. The van der Waals surface area contributed by atoms with Crippen LogP contribution in [0.1, 0.15) is 25.5 Å². The summed E-state index contributed by atoms with van der Waals surface area (Å²) < 4.78 is 13.7. The molecule has 0 saturated heterocycles. The highest BCUT2D eigenvalue weighted by Crippen LogP contribution is 2.31. The Morgan fingerprint density at radius 2 is 2.15 bits per heavy atom. The zero-order chi connectivity index (χ0) is 13.9. The van der Waals surface area contributed by atoms with Gasteiger partial charge in [-0.2, -0.15) is 0 Å². The van der Waals surface area contributed by atoms with Crippen LogP contribution in [0.2, 0.25) is 0 Å². The first-order valence-electron chi connectivity index (χ1n) is 7.18. The van der Waals surface area contributed by atoms with E-state index >= 15 is 0 Å². The Labute approximate surface area is 123 Å². The summed E-state index contributed by atoms with van der Waals surface area (Å²) in [6.45, 7) is 5.27. The average Bonchev–Trinajstić information content (AvgIpc) is 3.15. The monoisotopic (exact) mass is 290 g/mol. The van der Waals surface area contributed by atoms with E-state index in [1.807, 2.05) is 6.07 Å². The van der Waals surface area contributed by atoms with E-state index in [1.54, 1.807) is 12.1 Å². The Kier molecular flexibility index (Phi) is 4.13. The molecule has 0 amide bonds. The lowest BCUT2D eigenvalue weighted by Crippen LogP contribution is -2.25. The van der Waals surface area contributed by atoms with Crippen molar-refractivity contribution in [2.45, 2.75) is 26.3 Å². The molecule has 0 N–H and O–H groups in total. The van der Waals surface area contributed by atoms with Gasteiger partial charge in [0.2, 0.25) is 0 Å². The Morgan fingerprint density at radius 3 is 2.85 bits per heavy atom. The van der Waals surface area contributed by atoms with Gasteiger partial charge >= 0.3 is 0 Å². The molecular formula is C16H19FN2S. The van der Waals surface area contributed by atoms with E-state index in [9.17, 15) is 4.39 Å². The van der Waals surface area contributed by atoms with Crippen molar-refractivity contribution >= 4 is 11.3 Å². The van der Waals surface area contributed by atoms with Crippen LogP contribution in [0.4, 0.5) is 4.39 Å². The van der Waals surface area contributed by atoms with Gasteiger partial charge in [-0.25, -0.2) is 9.37 Å². The van der Waals surface area contributed by atoms with Crippen LogP contribution in [0.3, 0.4) is 0 Å². The predicted octanol–water partition coefficient (Wildman–Crippen LogP) is 4.18. The molecule has 1 aliphatic carbocycles. The van der Waals surface area contributed by atoms with Crippen LogP contribution >= 0.6 is 11.3 Å². The fraction of sp³-hybridized carbons (Fsp3) is 0.438. The van der Waals surface area contributed by atoms with Crippen molar-refractivity contribution in [1.82, 2.24) is 9.88 Å². The van der Waals surface area contributed by atoms with E-state index in [1.165, 1.54) is 36.8 Å². The lowest BCUT2D eigenvalue weighted by molar-refractivity contribution is 0.266. The molecule has 1 aromatic carbocycles. The number of rotatable bonds is 6. The van der Waals surface area contributed by atoms with Crippen LogP contribution in [0.15, 0.2) is 29.6 Å². The third-order valence-corrected chi connectivity index (χ3v) is 4.63. The van der Waals surface area contributed by atoms with Gasteiger partial charge in [-0.1, -0.05) is 19.1 Å². The minimum absolute atomic E-state index is 0.196. The fourth-order valence-electron chi connectivity index (χ4n) is 2.34.